The number of aromatic hydroxyl groups is 4. The molecule has 5 nitrogen and oxygen atoms in total. The van der Waals surface area contributed by atoms with Crippen molar-refractivity contribution >= 4 is 5.78 Å². The number of phenols is 4. The van der Waals surface area contributed by atoms with E-state index in [4.69, 9.17) is 0 Å². The molecule has 20 heavy (non-hydrogen) atoms. The molecule has 0 atom stereocenters. The highest BCUT2D eigenvalue weighted by atomic mass is 16.3. The Balaban J connectivity index is 2.13. The average Bonchev–Trinajstić information content (AvgIpc) is 2.35. The number of phenolic OH excluding ortho intramolecular Hbond substituents is 4. The predicted molar refractivity (Wildman–Crippen MR) is 72.2 cm³/mol. The molecule has 2 aromatic rings. The maximum atomic E-state index is 12.0. The standard InChI is InChI=1S/C15H14O5/c16-10-3-1-2-9(6-10)4-5-12(18)15-13(19)7-11(17)8-14(15)20/h1-3,6-8,16-17,19-20H,4-5H2. The third-order valence-electron chi connectivity index (χ3n) is 2.91. The van der Waals surface area contributed by atoms with E-state index in [1.165, 1.54) is 6.07 Å². The number of hydrogen-bond acceptors (Lipinski definition) is 5. The summed E-state index contributed by atoms with van der Waals surface area (Å²) in [6.07, 6.45) is 0.433. The van der Waals surface area contributed by atoms with E-state index in [2.05, 4.69) is 0 Å². The SMILES string of the molecule is O=C(CCc1cccc(O)c1)c1c(O)cc(O)cc1O. The van der Waals surface area contributed by atoms with Crippen molar-refractivity contribution in [1.82, 2.24) is 0 Å². The van der Waals surface area contributed by atoms with Gasteiger partial charge < -0.3 is 20.4 Å². The summed E-state index contributed by atoms with van der Waals surface area (Å²) in [6.45, 7) is 0. The molecule has 0 saturated carbocycles. The summed E-state index contributed by atoms with van der Waals surface area (Å²) in [5, 5.41) is 37.7. The minimum atomic E-state index is -0.455. The number of rotatable bonds is 4. The summed E-state index contributed by atoms with van der Waals surface area (Å²) < 4.78 is 0. The van der Waals surface area contributed by atoms with Gasteiger partial charge in [0.15, 0.2) is 5.78 Å². The van der Waals surface area contributed by atoms with Gasteiger partial charge in [0, 0.05) is 18.6 Å². The van der Waals surface area contributed by atoms with Crippen LogP contribution < -0.4 is 0 Å². The number of ketones is 1. The zero-order chi connectivity index (χ0) is 14.7. The summed E-state index contributed by atoms with van der Waals surface area (Å²) >= 11 is 0. The van der Waals surface area contributed by atoms with Crippen LogP contribution in [0.2, 0.25) is 0 Å². The highest BCUT2D eigenvalue weighted by molar-refractivity contribution is 6.01. The molecule has 5 heteroatoms. The van der Waals surface area contributed by atoms with Gasteiger partial charge in [-0.1, -0.05) is 12.1 Å². The number of aryl methyl sites for hydroxylation is 1. The van der Waals surface area contributed by atoms with E-state index in [1.807, 2.05) is 0 Å². The molecule has 0 heterocycles. The molecule has 104 valence electrons. The van der Waals surface area contributed by atoms with E-state index in [9.17, 15) is 25.2 Å². The molecule has 0 saturated heterocycles. The van der Waals surface area contributed by atoms with E-state index in [0.29, 0.717) is 6.42 Å². The molecule has 0 fully saturated rings. The lowest BCUT2D eigenvalue weighted by molar-refractivity contribution is 0.0977. The third kappa shape index (κ3) is 3.00. The summed E-state index contributed by atoms with van der Waals surface area (Å²) in [4.78, 5) is 12.0. The lowest BCUT2D eigenvalue weighted by Gasteiger charge is -2.07. The first-order valence-electron chi connectivity index (χ1n) is 6.03. The Morgan fingerprint density at radius 2 is 1.55 bits per heavy atom. The van der Waals surface area contributed by atoms with Crippen molar-refractivity contribution in [2.75, 3.05) is 0 Å². The smallest absolute Gasteiger partial charge is 0.170 e. The fourth-order valence-electron chi connectivity index (χ4n) is 1.98. The van der Waals surface area contributed by atoms with Crippen LogP contribution in [0, 0.1) is 0 Å². The van der Waals surface area contributed by atoms with E-state index in [0.717, 1.165) is 17.7 Å². The van der Waals surface area contributed by atoms with Crippen LogP contribution in [0.3, 0.4) is 0 Å². The molecule has 0 aliphatic carbocycles. The van der Waals surface area contributed by atoms with Gasteiger partial charge in [-0.3, -0.25) is 4.79 Å². The van der Waals surface area contributed by atoms with Gasteiger partial charge in [-0.25, -0.2) is 0 Å². The van der Waals surface area contributed by atoms with Gasteiger partial charge in [-0.2, -0.15) is 0 Å². The van der Waals surface area contributed by atoms with Gasteiger partial charge in [-0.15, -0.1) is 0 Å². The fourth-order valence-corrected chi connectivity index (χ4v) is 1.98. The Kier molecular flexibility index (Phi) is 3.79. The molecule has 0 aliphatic rings. The van der Waals surface area contributed by atoms with Crippen LogP contribution in [0.5, 0.6) is 23.0 Å². The monoisotopic (exact) mass is 274 g/mol. The van der Waals surface area contributed by atoms with Crippen LogP contribution in [-0.4, -0.2) is 26.2 Å². The van der Waals surface area contributed by atoms with Gasteiger partial charge in [0.1, 0.15) is 28.6 Å². The molecule has 2 rings (SSSR count). The maximum Gasteiger partial charge on any atom is 0.170 e. The third-order valence-corrected chi connectivity index (χ3v) is 2.91. The van der Waals surface area contributed by atoms with Gasteiger partial charge in [0.2, 0.25) is 0 Å². The van der Waals surface area contributed by atoms with Crippen molar-refractivity contribution < 1.29 is 25.2 Å². The van der Waals surface area contributed by atoms with Crippen LogP contribution in [0.1, 0.15) is 22.3 Å². The molecular formula is C15H14O5. The topological polar surface area (TPSA) is 98.0 Å². The van der Waals surface area contributed by atoms with Gasteiger partial charge in [0.05, 0.1) is 0 Å². The molecule has 0 amide bonds. The second kappa shape index (κ2) is 5.52. The first kappa shape index (κ1) is 13.7. The van der Waals surface area contributed by atoms with Gasteiger partial charge in [-0.05, 0) is 24.1 Å². The Bertz CT molecular complexity index is 625. The minimum Gasteiger partial charge on any atom is -0.508 e. The molecule has 0 bridgehead atoms. The zero-order valence-electron chi connectivity index (χ0n) is 10.6. The maximum absolute atomic E-state index is 12.0. The van der Waals surface area contributed by atoms with Crippen molar-refractivity contribution in [2.24, 2.45) is 0 Å². The van der Waals surface area contributed by atoms with Crippen LogP contribution >= 0.6 is 0 Å². The van der Waals surface area contributed by atoms with E-state index >= 15 is 0 Å². The summed E-state index contributed by atoms with van der Waals surface area (Å²) in [7, 11) is 0. The molecule has 0 unspecified atom stereocenters. The summed E-state index contributed by atoms with van der Waals surface area (Å²) in [6, 6.07) is 8.52. The Labute approximate surface area is 115 Å². The molecule has 0 spiro atoms. The van der Waals surface area contributed by atoms with E-state index < -0.39 is 17.3 Å². The van der Waals surface area contributed by atoms with Gasteiger partial charge in [0.25, 0.3) is 0 Å². The minimum absolute atomic E-state index is 0.0648. The number of carbonyl (C=O) groups excluding carboxylic acids is 1. The fraction of sp³-hybridized carbons (Fsp3) is 0.133. The van der Waals surface area contributed by atoms with Crippen molar-refractivity contribution in [2.45, 2.75) is 12.8 Å². The number of benzene rings is 2. The van der Waals surface area contributed by atoms with Crippen LogP contribution in [0.15, 0.2) is 36.4 Å². The second-order valence-corrected chi connectivity index (χ2v) is 4.45. The van der Waals surface area contributed by atoms with Crippen molar-refractivity contribution in [1.29, 1.82) is 0 Å². The Morgan fingerprint density at radius 1 is 0.900 bits per heavy atom. The largest absolute Gasteiger partial charge is 0.508 e. The Hall–Kier alpha value is -2.69. The quantitative estimate of drug-likeness (QED) is 0.641. The van der Waals surface area contributed by atoms with Crippen LogP contribution in [-0.2, 0) is 6.42 Å². The van der Waals surface area contributed by atoms with Gasteiger partial charge >= 0.3 is 0 Å². The highest BCUT2D eigenvalue weighted by Crippen LogP contribution is 2.33. The number of hydrogen-bond donors (Lipinski definition) is 4. The first-order chi connectivity index (χ1) is 9.47. The zero-order valence-corrected chi connectivity index (χ0v) is 10.6. The summed E-state index contributed by atoms with van der Waals surface area (Å²) in [5.74, 6) is -1.55. The highest BCUT2D eigenvalue weighted by Gasteiger charge is 2.17. The molecule has 4 N–H and O–H groups in total. The molecule has 0 radical (unpaired) electrons. The van der Waals surface area contributed by atoms with Crippen molar-refractivity contribution in [3.63, 3.8) is 0 Å². The van der Waals surface area contributed by atoms with E-state index in [-0.39, 0.29) is 23.5 Å². The van der Waals surface area contributed by atoms with E-state index in [1.54, 1.807) is 18.2 Å². The number of Topliss-reactive ketones (excluding diaryl/α,β-unsaturated/α-hetero) is 1. The van der Waals surface area contributed by atoms with Crippen LogP contribution in [0.4, 0.5) is 0 Å². The van der Waals surface area contributed by atoms with Crippen molar-refractivity contribution in [3.8, 4) is 23.0 Å². The first-order valence-corrected chi connectivity index (χ1v) is 6.03. The Morgan fingerprint density at radius 3 is 2.15 bits per heavy atom. The van der Waals surface area contributed by atoms with Crippen molar-refractivity contribution in [3.05, 3.63) is 47.5 Å². The lowest BCUT2D eigenvalue weighted by atomic mass is 10.0. The normalized spacial score (nSPS) is 10.4. The summed E-state index contributed by atoms with van der Waals surface area (Å²) in [5.41, 5.74) is 0.569. The second-order valence-electron chi connectivity index (χ2n) is 4.45. The lowest BCUT2D eigenvalue weighted by Crippen LogP contribution is -2.02. The molecule has 0 aromatic heterocycles. The van der Waals surface area contributed by atoms with Crippen LogP contribution in [0.25, 0.3) is 0 Å². The molecule has 2 aromatic carbocycles. The predicted octanol–water partition coefficient (Wildman–Crippen LogP) is 2.32. The molecule has 0 aliphatic heterocycles. The molecular weight excluding hydrogens is 260 g/mol. The number of carbonyl (C=O) groups is 1. The average molecular weight is 274 g/mol.